The Labute approximate surface area is 128 Å². The Morgan fingerprint density at radius 3 is 2.65 bits per heavy atom. The van der Waals surface area contributed by atoms with E-state index in [9.17, 15) is 12.8 Å². The van der Waals surface area contributed by atoms with Crippen molar-refractivity contribution in [1.82, 2.24) is 9.62 Å². The van der Waals surface area contributed by atoms with Crippen molar-refractivity contribution in [1.29, 1.82) is 0 Å². The molecular formula is C13H20BrFN2O2S. The van der Waals surface area contributed by atoms with Crippen molar-refractivity contribution in [3.8, 4) is 0 Å². The number of hydrogen-bond donors (Lipinski definition) is 1. The van der Waals surface area contributed by atoms with Gasteiger partial charge < -0.3 is 5.32 Å². The molecule has 0 radical (unpaired) electrons. The first-order valence-electron chi connectivity index (χ1n) is 6.44. The third-order valence-corrected chi connectivity index (χ3v) is 4.79. The lowest BCUT2D eigenvalue weighted by atomic mass is 10.2. The Morgan fingerprint density at radius 2 is 2.10 bits per heavy atom. The Kier molecular flexibility index (Phi) is 7.08. The summed E-state index contributed by atoms with van der Waals surface area (Å²) in [5, 5.41) is 3.12. The molecule has 0 aliphatic rings. The highest BCUT2D eigenvalue weighted by molar-refractivity contribution is 9.10. The van der Waals surface area contributed by atoms with Crippen molar-refractivity contribution < 1.29 is 12.8 Å². The predicted molar refractivity (Wildman–Crippen MR) is 82.5 cm³/mol. The SMILES string of the molecule is CCN(CCCNCc1ccc(Br)cc1F)S(C)(=O)=O. The number of nitrogens with one attached hydrogen (secondary N) is 1. The van der Waals surface area contributed by atoms with Crippen molar-refractivity contribution in [2.45, 2.75) is 19.9 Å². The van der Waals surface area contributed by atoms with Gasteiger partial charge in [-0.2, -0.15) is 0 Å². The Morgan fingerprint density at radius 1 is 1.40 bits per heavy atom. The highest BCUT2D eigenvalue weighted by Gasteiger charge is 2.13. The van der Waals surface area contributed by atoms with Crippen LogP contribution < -0.4 is 5.32 Å². The smallest absolute Gasteiger partial charge is 0.211 e. The summed E-state index contributed by atoms with van der Waals surface area (Å²) in [5.74, 6) is -0.252. The van der Waals surface area contributed by atoms with Gasteiger partial charge in [0.2, 0.25) is 10.0 Å². The molecule has 114 valence electrons. The molecular weight excluding hydrogens is 347 g/mol. The van der Waals surface area contributed by atoms with Crippen LogP contribution in [0.4, 0.5) is 4.39 Å². The minimum absolute atomic E-state index is 0.252. The molecule has 20 heavy (non-hydrogen) atoms. The van der Waals surface area contributed by atoms with Crippen LogP contribution in [0, 0.1) is 5.82 Å². The lowest BCUT2D eigenvalue weighted by Crippen LogP contribution is -2.32. The van der Waals surface area contributed by atoms with Crippen LogP contribution in [-0.2, 0) is 16.6 Å². The van der Waals surface area contributed by atoms with Crippen molar-refractivity contribution in [2.75, 3.05) is 25.9 Å². The third-order valence-electron chi connectivity index (χ3n) is 2.91. The molecule has 1 N–H and O–H groups in total. The Balaban J connectivity index is 2.32. The number of hydrogen-bond acceptors (Lipinski definition) is 3. The maximum atomic E-state index is 13.5. The number of rotatable bonds is 8. The molecule has 0 aromatic heterocycles. The number of benzene rings is 1. The van der Waals surface area contributed by atoms with Crippen molar-refractivity contribution in [2.24, 2.45) is 0 Å². The highest BCUT2D eigenvalue weighted by atomic mass is 79.9. The normalized spacial score (nSPS) is 12.1. The monoisotopic (exact) mass is 366 g/mol. The molecule has 0 aliphatic heterocycles. The van der Waals surface area contributed by atoms with Gasteiger partial charge in [-0.3, -0.25) is 0 Å². The molecule has 0 spiro atoms. The van der Waals surface area contributed by atoms with Gasteiger partial charge in [-0.05, 0) is 25.1 Å². The molecule has 0 atom stereocenters. The zero-order valence-corrected chi connectivity index (χ0v) is 14.1. The van der Waals surface area contributed by atoms with Gasteiger partial charge in [0.15, 0.2) is 0 Å². The third kappa shape index (κ3) is 5.87. The van der Waals surface area contributed by atoms with Crippen LogP contribution in [0.5, 0.6) is 0 Å². The highest BCUT2D eigenvalue weighted by Crippen LogP contribution is 2.14. The lowest BCUT2D eigenvalue weighted by Gasteiger charge is -2.17. The van der Waals surface area contributed by atoms with Crippen LogP contribution in [0.1, 0.15) is 18.9 Å². The summed E-state index contributed by atoms with van der Waals surface area (Å²) in [5.41, 5.74) is 0.601. The van der Waals surface area contributed by atoms with E-state index in [2.05, 4.69) is 21.2 Å². The van der Waals surface area contributed by atoms with E-state index in [1.807, 2.05) is 6.92 Å². The molecule has 4 nitrogen and oxygen atoms in total. The molecule has 1 aromatic rings. The fourth-order valence-electron chi connectivity index (χ4n) is 1.83. The Hall–Kier alpha value is -0.500. The van der Waals surface area contributed by atoms with E-state index in [1.165, 1.54) is 16.6 Å². The molecule has 0 fully saturated rings. The first-order valence-corrected chi connectivity index (χ1v) is 9.08. The summed E-state index contributed by atoms with van der Waals surface area (Å²) in [6.07, 6.45) is 1.90. The summed E-state index contributed by atoms with van der Waals surface area (Å²) in [7, 11) is -3.13. The van der Waals surface area contributed by atoms with Gasteiger partial charge in [0.25, 0.3) is 0 Å². The van der Waals surface area contributed by atoms with Crippen molar-refractivity contribution in [3.05, 3.63) is 34.1 Å². The zero-order valence-electron chi connectivity index (χ0n) is 11.7. The van der Waals surface area contributed by atoms with Crippen LogP contribution in [0.25, 0.3) is 0 Å². The van der Waals surface area contributed by atoms with E-state index in [-0.39, 0.29) is 5.82 Å². The largest absolute Gasteiger partial charge is 0.313 e. The summed E-state index contributed by atoms with van der Waals surface area (Å²) < 4.78 is 38.4. The van der Waals surface area contributed by atoms with Crippen LogP contribution in [-0.4, -0.2) is 38.6 Å². The van der Waals surface area contributed by atoms with Gasteiger partial charge in [-0.25, -0.2) is 17.1 Å². The van der Waals surface area contributed by atoms with Gasteiger partial charge in [0, 0.05) is 29.7 Å². The number of nitrogens with zero attached hydrogens (tertiary/aromatic N) is 1. The minimum Gasteiger partial charge on any atom is -0.313 e. The molecule has 0 unspecified atom stereocenters. The van der Waals surface area contributed by atoms with Crippen LogP contribution in [0.3, 0.4) is 0 Å². The standard InChI is InChI=1S/C13H20BrFN2O2S/c1-3-17(20(2,18)19)8-4-7-16-10-11-5-6-12(14)9-13(11)15/h5-6,9,16H,3-4,7-8,10H2,1-2H3. The molecule has 1 aromatic carbocycles. The van der Waals surface area contributed by atoms with E-state index in [1.54, 1.807) is 12.1 Å². The van der Waals surface area contributed by atoms with Crippen LogP contribution >= 0.6 is 15.9 Å². The van der Waals surface area contributed by atoms with Gasteiger partial charge in [-0.15, -0.1) is 0 Å². The summed E-state index contributed by atoms with van der Waals surface area (Å²) in [6, 6.07) is 4.95. The Bertz CT molecular complexity index is 537. The van der Waals surface area contributed by atoms with Gasteiger partial charge in [0.05, 0.1) is 6.26 Å². The molecule has 0 aliphatic carbocycles. The van der Waals surface area contributed by atoms with Gasteiger partial charge in [-0.1, -0.05) is 28.9 Å². The van der Waals surface area contributed by atoms with Crippen LogP contribution in [0.2, 0.25) is 0 Å². The van der Waals surface area contributed by atoms with E-state index >= 15 is 0 Å². The summed E-state index contributed by atoms with van der Waals surface area (Å²) >= 11 is 3.21. The van der Waals surface area contributed by atoms with E-state index < -0.39 is 10.0 Å². The average Bonchev–Trinajstić information content (AvgIpc) is 2.34. The van der Waals surface area contributed by atoms with Crippen molar-refractivity contribution >= 4 is 26.0 Å². The second-order valence-corrected chi connectivity index (χ2v) is 7.42. The number of halogens is 2. The molecule has 0 bridgehead atoms. The first kappa shape index (κ1) is 17.6. The topological polar surface area (TPSA) is 49.4 Å². The first-order chi connectivity index (χ1) is 9.34. The maximum absolute atomic E-state index is 13.5. The summed E-state index contributed by atoms with van der Waals surface area (Å²) in [6.45, 7) is 3.84. The molecule has 1 rings (SSSR count). The molecule has 0 saturated heterocycles. The molecule has 7 heteroatoms. The average molecular weight is 367 g/mol. The fourth-order valence-corrected chi connectivity index (χ4v) is 3.09. The quantitative estimate of drug-likeness (QED) is 0.718. The van der Waals surface area contributed by atoms with E-state index in [0.717, 1.165) is 0 Å². The minimum atomic E-state index is -3.13. The fraction of sp³-hybridized carbons (Fsp3) is 0.538. The zero-order chi connectivity index (χ0) is 15.2. The second-order valence-electron chi connectivity index (χ2n) is 4.52. The van der Waals surface area contributed by atoms with E-state index in [0.29, 0.717) is 42.6 Å². The van der Waals surface area contributed by atoms with Gasteiger partial charge >= 0.3 is 0 Å². The molecule has 0 saturated carbocycles. The maximum Gasteiger partial charge on any atom is 0.211 e. The molecule has 0 amide bonds. The van der Waals surface area contributed by atoms with E-state index in [4.69, 9.17) is 0 Å². The van der Waals surface area contributed by atoms with Gasteiger partial charge in [0.1, 0.15) is 5.82 Å². The summed E-state index contributed by atoms with van der Waals surface area (Å²) in [4.78, 5) is 0. The second kappa shape index (κ2) is 8.07. The predicted octanol–water partition coefficient (Wildman–Crippen LogP) is 2.35. The van der Waals surface area contributed by atoms with Crippen molar-refractivity contribution in [3.63, 3.8) is 0 Å². The number of sulfonamides is 1. The van der Waals surface area contributed by atoms with Crippen LogP contribution in [0.15, 0.2) is 22.7 Å². The molecule has 0 heterocycles. The lowest BCUT2D eigenvalue weighted by molar-refractivity contribution is 0.418.